The molecule has 0 spiro atoms. The highest BCUT2D eigenvalue weighted by Crippen LogP contribution is 2.36. The molecule has 3 heteroatoms. The van der Waals surface area contributed by atoms with Crippen LogP contribution in [0.15, 0.2) is 30.3 Å². The summed E-state index contributed by atoms with van der Waals surface area (Å²) in [7, 11) is 0. The Labute approximate surface area is 126 Å². The molecule has 0 saturated carbocycles. The molecule has 3 nitrogen and oxygen atoms in total. The quantitative estimate of drug-likeness (QED) is 0.741. The number of benzene rings is 1. The van der Waals surface area contributed by atoms with E-state index in [4.69, 9.17) is 0 Å². The summed E-state index contributed by atoms with van der Waals surface area (Å²) in [6.07, 6.45) is 1.11. The highest BCUT2D eigenvalue weighted by atomic mass is 16.1. The minimum atomic E-state index is -0.0912. The third-order valence-electron chi connectivity index (χ3n) is 6.47. The average molecular weight is 286 g/mol. The number of nitrogens with one attached hydrogen (secondary N) is 2. The minimum absolute atomic E-state index is 0.0912. The molecule has 4 heterocycles. The van der Waals surface area contributed by atoms with Crippen LogP contribution in [0.3, 0.4) is 0 Å². The fourth-order valence-electron chi connectivity index (χ4n) is 5.47. The van der Waals surface area contributed by atoms with Crippen molar-refractivity contribution in [2.45, 2.75) is 32.9 Å². The van der Waals surface area contributed by atoms with Gasteiger partial charge in [0.15, 0.2) is 5.78 Å². The van der Waals surface area contributed by atoms with E-state index in [0.717, 1.165) is 32.6 Å². The van der Waals surface area contributed by atoms with Gasteiger partial charge in [0.2, 0.25) is 5.66 Å². The Morgan fingerprint density at radius 3 is 1.86 bits per heavy atom. The van der Waals surface area contributed by atoms with Gasteiger partial charge in [-0.2, -0.15) is 0 Å². The second-order valence-corrected chi connectivity index (χ2v) is 8.36. The number of hydrogen-bond acceptors (Lipinski definition) is 1. The van der Waals surface area contributed by atoms with E-state index < -0.39 is 0 Å². The number of ketones is 1. The van der Waals surface area contributed by atoms with Crippen molar-refractivity contribution in [3.05, 3.63) is 35.9 Å². The number of quaternary nitrogens is 2. The van der Waals surface area contributed by atoms with Gasteiger partial charge in [-0.25, -0.2) is 0 Å². The molecule has 0 amide bonds. The van der Waals surface area contributed by atoms with Crippen molar-refractivity contribution >= 4 is 5.78 Å². The molecule has 21 heavy (non-hydrogen) atoms. The lowest BCUT2D eigenvalue weighted by Gasteiger charge is -2.63. The van der Waals surface area contributed by atoms with Crippen LogP contribution in [-0.4, -0.2) is 37.6 Å². The maximum absolute atomic E-state index is 12.8. The van der Waals surface area contributed by atoms with Gasteiger partial charge < -0.3 is 0 Å². The third-order valence-corrected chi connectivity index (χ3v) is 6.47. The second-order valence-electron chi connectivity index (χ2n) is 8.36. The molecule has 0 aromatic heterocycles. The molecule has 5 rings (SSSR count). The lowest BCUT2D eigenvalue weighted by molar-refractivity contribution is -1.20. The van der Waals surface area contributed by atoms with Gasteiger partial charge in [-0.05, 0) is 19.4 Å². The van der Waals surface area contributed by atoms with Gasteiger partial charge >= 0.3 is 0 Å². The van der Waals surface area contributed by atoms with Crippen LogP contribution in [0.4, 0.5) is 0 Å². The van der Waals surface area contributed by atoms with Crippen molar-refractivity contribution in [2.24, 2.45) is 10.8 Å². The van der Waals surface area contributed by atoms with Crippen LogP contribution >= 0.6 is 0 Å². The van der Waals surface area contributed by atoms with Crippen LogP contribution in [-0.2, 0) is 11.2 Å². The summed E-state index contributed by atoms with van der Waals surface area (Å²) in [5.41, 5.74) is 1.47. The van der Waals surface area contributed by atoms with Crippen LogP contribution in [0.1, 0.15) is 26.3 Å². The third kappa shape index (κ3) is 1.71. The molecule has 4 aliphatic rings. The number of carbonyl (C=O) groups is 1. The van der Waals surface area contributed by atoms with E-state index in [9.17, 15) is 4.79 Å². The fraction of sp³-hybridized carbons (Fsp3) is 0.611. The van der Waals surface area contributed by atoms with Crippen LogP contribution in [0.25, 0.3) is 0 Å². The van der Waals surface area contributed by atoms with Crippen LogP contribution in [0, 0.1) is 10.8 Å². The number of carbonyl (C=O) groups excluding carboxylic acids is 1. The normalized spacial score (nSPS) is 47.9. The molecule has 1 aromatic rings. The Morgan fingerprint density at radius 2 is 1.38 bits per heavy atom. The first-order valence-corrected chi connectivity index (χ1v) is 8.15. The lowest BCUT2D eigenvalue weighted by atomic mass is 9.60. The van der Waals surface area contributed by atoms with Crippen LogP contribution in [0.5, 0.6) is 0 Å². The highest BCUT2D eigenvalue weighted by molar-refractivity contribution is 5.91. The predicted molar refractivity (Wildman–Crippen MR) is 81.2 cm³/mol. The van der Waals surface area contributed by atoms with E-state index in [1.54, 1.807) is 9.80 Å². The molecule has 0 aliphatic carbocycles. The number of rotatable bonds is 2. The summed E-state index contributed by atoms with van der Waals surface area (Å²) >= 11 is 0. The molecule has 4 aliphatic heterocycles. The second kappa shape index (κ2) is 3.96. The zero-order valence-corrected chi connectivity index (χ0v) is 13.3. The first kappa shape index (κ1) is 13.5. The molecular weight excluding hydrogens is 260 g/mol. The first-order valence-electron chi connectivity index (χ1n) is 8.15. The van der Waals surface area contributed by atoms with E-state index in [0.29, 0.717) is 5.78 Å². The molecule has 2 N–H and O–H groups in total. The molecule has 0 atom stereocenters. The smallest absolute Gasteiger partial charge is 0.223 e. The average Bonchev–Trinajstić information content (AvgIpc) is 2.42. The molecule has 4 fully saturated rings. The monoisotopic (exact) mass is 286 g/mol. The predicted octanol–water partition coefficient (Wildman–Crippen LogP) is -0.662. The highest BCUT2D eigenvalue weighted by Gasteiger charge is 2.71. The van der Waals surface area contributed by atoms with Crippen molar-refractivity contribution in [3.63, 3.8) is 0 Å². The summed E-state index contributed by atoms with van der Waals surface area (Å²) in [6.45, 7) is 10.9. The first-order chi connectivity index (χ1) is 9.86. The number of Topliss-reactive ketones (excluding diaryl/α,β-unsaturated/α-hetero) is 1. The molecule has 0 radical (unpaired) electrons. The zero-order chi connectivity index (χ0) is 14.9. The molecule has 0 unspecified atom stereocenters. The van der Waals surface area contributed by atoms with Crippen LogP contribution < -0.4 is 9.80 Å². The van der Waals surface area contributed by atoms with Gasteiger partial charge in [0.05, 0.1) is 32.6 Å². The molecular formula is C18H26N2O+2. The summed E-state index contributed by atoms with van der Waals surface area (Å²) in [5.74, 6) is 0.532. The van der Waals surface area contributed by atoms with E-state index in [1.165, 1.54) is 5.56 Å². The standard InChI is InChI=1S/C18H24N2O/c1-16-10-19-12-17(2,15(16)21)13-20(11-16)18(19,3)9-14-7-5-4-6-8-14/h4-8H,9-13H2,1-3H3/p+2. The molecule has 4 bridgehead atoms. The Kier molecular flexibility index (Phi) is 2.54. The maximum Gasteiger partial charge on any atom is 0.223 e. The topological polar surface area (TPSA) is 26.0 Å². The zero-order valence-electron chi connectivity index (χ0n) is 13.3. The summed E-state index contributed by atoms with van der Waals surface area (Å²) in [4.78, 5) is 16.0. The Bertz CT molecular complexity index is 554. The van der Waals surface area contributed by atoms with E-state index >= 15 is 0 Å². The van der Waals surface area contributed by atoms with Crippen molar-refractivity contribution < 1.29 is 14.6 Å². The Hall–Kier alpha value is -1.19. The van der Waals surface area contributed by atoms with Gasteiger partial charge in [0, 0.05) is 6.92 Å². The van der Waals surface area contributed by atoms with Crippen molar-refractivity contribution in [1.29, 1.82) is 0 Å². The molecule has 4 saturated heterocycles. The lowest BCUT2D eigenvalue weighted by Crippen LogP contribution is -3.49. The van der Waals surface area contributed by atoms with Crippen LogP contribution in [0.2, 0.25) is 0 Å². The SMILES string of the molecule is CC12C[NH+]3CC(C)(C[NH+](C1)C3(C)Cc1ccccc1)C2=O. The van der Waals surface area contributed by atoms with Crippen molar-refractivity contribution in [3.8, 4) is 0 Å². The summed E-state index contributed by atoms with van der Waals surface area (Å²) < 4.78 is 0. The Morgan fingerprint density at radius 1 is 0.905 bits per heavy atom. The van der Waals surface area contributed by atoms with Gasteiger partial charge in [0.1, 0.15) is 10.8 Å². The van der Waals surface area contributed by atoms with E-state index in [1.807, 2.05) is 0 Å². The minimum Gasteiger partial charge on any atom is -0.297 e. The van der Waals surface area contributed by atoms with Gasteiger partial charge in [-0.3, -0.25) is 14.6 Å². The summed E-state index contributed by atoms with van der Waals surface area (Å²) in [6, 6.07) is 10.8. The van der Waals surface area contributed by atoms with E-state index in [2.05, 4.69) is 51.1 Å². The van der Waals surface area contributed by atoms with Crippen molar-refractivity contribution in [1.82, 2.24) is 0 Å². The van der Waals surface area contributed by atoms with Gasteiger partial charge in [-0.15, -0.1) is 0 Å². The fourth-order valence-corrected chi connectivity index (χ4v) is 5.47. The molecule has 112 valence electrons. The number of piperidine rings is 2. The summed E-state index contributed by atoms with van der Waals surface area (Å²) in [5, 5.41) is 0. The number of hydrogen-bond donors (Lipinski definition) is 2. The maximum atomic E-state index is 12.8. The Balaban J connectivity index is 1.70. The van der Waals surface area contributed by atoms with E-state index in [-0.39, 0.29) is 16.5 Å². The molecule has 1 aromatic carbocycles. The van der Waals surface area contributed by atoms with Gasteiger partial charge in [0.25, 0.3) is 0 Å². The van der Waals surface area contributed by atoms with Crippen molar-refractivity contribution in [2.75, 3.05) is 26.2 Å². The van der Waals surface area contributed by atoms with Gasteiger partial charge in [-0.1, -0.05) is 30.3 Å². The largest absolute Gasteiger partial charge is 0.297 e.